The number of thiocarbonyl (C=S) groups is 1. The van der Waals surface area contributed by atoms with E-state index < -0.39 is 0 Å². The fraction of sp³-hybridized carbons (Fsp3) is 0.207. The van der Waals surface area contributed by atoms with Gasteiger partial charge in [-0.2, -0.15) is 0 Å². The minimum Gasteiger partial charge on any atom is -0.459 e. The van der Waals surface area contributed by atoms with E-state index in [1.807, 2.05) is 91.5 Å². The van der Waals surface area contributed by atoms with E-state index in [0.717, 1.165) is 39.6 Å². The predicted octanol–water partition coefficient (Wildman–Crippen LogP) is 6.61. The first-order valence-electron chi connectivity index (χ1n) is 12.1. The molecule has 0 unspecified atom stereocenters. The average Bonchev–Trinajstić information content (AvgIpc) is 3.50. The third kappa shape index (κ3) is 5.53. The molecule has 1 saturated heterocycles. The number of furan rings is 1. The van der Waals surface area contributed by atoms with Crippen molar-refractivity contribution in [3.8, 4) is 11.3 Å². The van der Waals surface area contributed by atoms with Gasteiger partial charge in [0.15, 0.2) is 5.11 Å². The summed E-state index contributed by atoms with van der Waals surface area (Å²) in [5, 5.41) is 7.57. The number of amides is 1. The number of pyridine rings is 1. The number of carbonyl (C=O) groups is 1. The van der Waals surface area contributed by atoms with Crippen LogP contribution in [0, 0.1) is 13.8 Å². The highest BCUT2D eigenvalue weighted by Crippen LogP contribution is 2.41. The molecule has 3 heterocycles. The highest BCUT2D eigenvalue weighted by atomic mass is 35.5. The normalized spacial score (nSPS) is 17.1. The van der Waals surface area contributed by atoms with Crippen LogP contribution >= 0.6 is 23.8 Å². The molecule has 2 N–H and O–H groups in total. The zero-order chi connectivity index (χ0) is 25.9. The maximum Gasteiger partial charge on any atom is 0.226 e. The van der Waals surface area contributed by atoms with Crippen molar-refractivity contribution in [3.05, 3.63) is 107 Å². The number of nitrogens with zero attached hydrogens (tertiary/aromatic N) is 2. The van der Waals surface area contributed by atoms with Crippen LogP contribution in [0.25, 0.3) is 11.3 Å². The van der Waals surface area contributed by atoms with Crippen LogP contribution in [0.1, 0.15) is 41.1 Å². The molecule has 4 aromatic rings. The molecule has 2 aromatic heterocycles. The first-order valence-corrected chi connectivity index (χ1v) is 12.9. The third-order valence-electron chi connectivity index (χ3n) is 6.50. The molecule has 0 saturated carbocycles. The van der Waals surface area contributed by atoms with Gasteiger partial charge in [0, 0.05) is 35.4 Å². The number of anilines is 1. The molecule has 2 atom stereocenters. The molecule has 8 heteroatoms. The molecule has 0 radical (unpaired) electrons. The van der Waals surface area contributed by atoms with Crippen molar-refractivity contribution >= 4 is 40.5 Å². The van der Waals surface area contributed by atoms with E-state index in [9.17, 15) is 4.79 Å². The molecule has 188 valence electrons. The second-order valence-corrected chi connectivity index (χ2v) is 9.97. The molecule has 5 rings (SSSR count). The molecular formula is C29H27ClN4O2S. The minimum atomic E-state index is -0.275. The number of nitrogens with one attached hydrogen (secondary N) is 2. The van der Waals surface area contributed by atoms with Crippen molar-refractivity contribution in [2.75, 3.05) is 11.9 Å². The maximum atomic E-state index is 12.8. The summed E-state index contributed by atoms with van der Waals surface area (Å²) >= 11 is 12.0. The Kier molecular flexibility index (Phi) is 7.26. The topological polar surface area (TPSA) is 70.4 Å². The zero-order valence-corrected chi connectivity index (χ0v) is 22.1. The lowest BCUT2D eigenvalue weighted by Crippen LogP contribution is -2.32. The van der Waals surface area contributed by atoms with Crippen molar-refractivity contribution in [2.24, 2.45) is 0 Å². The Morgan fingerprint density at radius 2 is 1.92 bits per heavy atom. The molecular weight excluding hydrogens is 504 g/mol. The first kappa shape index (κ1) is 25.0. The van der Waals surface area contributed by atoms with E-state index in [2.05, 4.69) is 15.6 Å². The van der Waals surface area contributed by atoms with Crippen LogP contribution in [0.5, 0.6) is 0 Å². The first-order chi connectivity index (χ1) is 17.9. The van der Waals surface area contributed by atoms with Crippen LogP contribution in [-0.4, -0.2) is 27.4 Å². The molecule has 1 fully saturated rings. The fourth-order valence-corrected chi connectivity index (χ4v) is 5.06. The molecule has 1 aliphatic heterocycles. The van der Waals surface area contributed by atoms with Crippen molar-refractivity contribution in [2.45, 2.75) is 32.4 Å². The van der Waals surface area contributed by atoms with Crippen LogP contribution in [0.15, 0.2) is 83.4 Å². The average molecular weight is 531 g/mol. The number of carbonyl (C=O) groups excluding carboxylic acids is 1. The molecule has 2 aromatic carbocycles. The Balaban J connectivity index is 1.41. The van der Waals surface area contributed by atoms with Gasteiger partial charge < -0.3 is 20.0 Å². The molecule has 0 aliphatic carbocycles. The monoisotopic (exact) mass is 530 g/mol. The zero-order valence-electron chi connectivity index (χ0n) is 20.6. The van der Waals surface area contributed by atoms with E-state index in [1.54, 1.807) is 6.20 Å². The van der Waals surface area contributed by atoms with E-state index >= 15 is 0 Å². The Labute approximate surface area is 226 Å². The van der Waals surface area contributed by atoms with E-state index in [4.69, 9.17) is 28.2 Å². The van der Waals surface area contributed by atoms with Crippen molar-refractivity contribution in [1.82, 2.24) is 15.2 Å². The van der Waals surface area contributed by atoms with Gasteiger partial charge in [0.1, 0.15) is 17.6 Å². The van der Waals surface area contributed by atoms with Gasteiger partial charge in [-0.25, -0.2) is 0 Å². The van der Waals surface area contributed by atoms with Gasteiger partial charge in [-0.1, -0.05) is 41.4 Å². The number of hydrogen-bond donors (Lipinski definition) is 2. The summed E-state index contributed by atoms with van der Waals surface area (Å²) in [6.07, 6.45) is 2.03. The number of aryl methyl sites for hydroxylation is 2. The van der Waals surface area contributed by atoms with Crippen LogP contribution < -0.4 is 10.6 Å². The molecule has 1 amide bonds. The van der Waals surface area contributed by atoms with Crippen LogP contribution in [0.2, 0.25) is 5.02 Å². The summed E-state index contributed by atoms with van der Waals surface area (Å²) in [5.74, 6) is 1.38. The summed E-state index contributed by atoms with van der Waals surface area (Å²) in [7, 11) is 0. The summed E-state index contributed by atoms with van der Waals surface area (Å²) in [5.41, 5.74) is 4.76. The largest absolute Gasteiger partial charge is 0.459 e. The summed E-state index contributed by atoms with van der Waals surface area (Å²) in [6.45, 7) is 4.46. The highest BCUT2D eigenvalue weighted by molar-refractivity contribution is 7.80. The van der Waals surface area contributed by atoms with Gasteiger partial charge in [0.2, 0.25) is 5.91 Å². The summed E-state index contributed by atoms with van der Waals surface area (Å²) < 4.78 is 6.41. The van der Waals surface area contributed by atoms with Crippen molar-refractivity contribution in [3.63, 3.8) is 0 Å². The Hall–Kier alpha value is -3.68. The van der Waals surface area contributed by atoms with E-state index in [0.29, 0.717) is 16.7 Å². The quantitative estimate of drug-likeness (QED) is 0.262. The van der Waals surface area contributed by atoms with E-state index in [1.165, 1.54) is 0 Å². The standard InChI is InChI=1S/C29H27ClN4O2S/c1-18-6-10-21(11-7-18)32-26(35)14-16-34-28(27(33-29(34)37)23-5-3-4-15-31-23)25-13-12-24(36-25)22-17-20(30)9-8-19(22)2/h3-13,15,17,27-28H,14,16H2,1-2H3,(H,32,35)(H,33,37)/t27-,28+/m1/s1. The molecule has 37 heavy (non-hydrogen) atoms. The third-order valence-corrected chi connectivity index (χ3v) is 7.08. The molecule has 1 aliphatic rings. The van der Waals surface area contributed by atoms with Crippen molar-refractivity contribution in [1.29, 1.82) is 0 Å². The smallest absolute Gasteiger partial charge is 0.226 e. The van der Waals surface area contributed by atoms with Crippen LogP contribution in [0.4, 0.5) is 5.69 Å². The second-order valence-electron chi connectivity index (χ2n) is 9.15. The lowest BCUT2D eigenvalue weighted by atomic mass is 10.0. The lowest BCUT2D eigenvalue weighted by Gasteiger charge is -2.25. The Morgan fingerprint density at radius 1 is 1.11 bits per heavy atom. The summed E-state index contributed by atoms with van der Waals surface area (Å²) in [6, 6.07) is 22.7. The molecule has 0 bridgehead atoms. The molecule has 6 nitrogen and oxygen atoms in total. The number of benzene rings is 2. The van der Waals surface area contributed by atoms with Crippen LogP contribution in [-0.2, 0) is 4.79 Å². The van der Waals surface area contributed by atoms with E-state index in [-0.39, 0.29) is 24.4 Å². The number of rotatable bonds is 7. The second kappa shape index (κ2) is 10.7. The SMILES string of the molecule is Cc1ccc(NC(=O)CCN2C(=S)N[C@H](c3ccccn3)[C@@H]2c2ccc(-c3cc(Cl)ccc3C)o2)cc1. The number of hydrogen-bond acceptors (Lipinski definition) is 4. The van der Waals surface area contributed by atoms with Crippen LogP contribution in [0.3, 0.4) is 0 Å². The fourth-order valence-electron chi connectivity index (χ4n) is 4.55. The van der Waals surface area contributed by atoms with Gasteiger partial charge >= 0.3 is 0 Å². The maximum absolute atomic E-state index is 12.8. The summed E-state index contributed by atoms with van der Waals surface area (Å²) in [4.78, 5) is 19.3. The highest BCUT2D eigenvalue weighted by Gasteiger charge is 2.41. The van der Waals surface area contributed by atoms with Gasteiger partial charge in [0.05, 0.1) is 11.7 Å². The minimum absolute atomic E-state index is 0.0821. The number of aromatic nitrogens is 1. The Morgan fingerprint density at radius 3 is 2.68 bits per heavy atom. The lowest BCUT2D eigenvalue weighted by molar-refractivity contribution is -0.116. The van der Waals surface area contributed by atoms with Gasteiger partial charge in [0.25, 0.3) is 0 Å². The Bertz CT molecular complexity index is 1420. The van der Waals surface area contributed by atoms with Crippen molar-refractivity contribution < 1.29 is 9.21 Å². The molecule has 0 spiro atoms. The number of halogens is 1. The van der Waals surface area contributed by atoms with Gasteiger partial charge in [-0.3, -0.25) is 9.78 Å². The van der Waals surface area contributed by atoms with Gasteiger partial charge in [-0.05, 0) is 80.2 Å². The van der Waals surface area contributed by atoms with Gasteiger partial charge in [-0.15, -0.1) is 0 Å². The predicted molar refractivity (Wildman–Crippen MR) is 150 cm³/mol.